The van der Waals surface area contributed by atoms with E-state index < -0.39 is 10.0 Å². The highest BCUT2D eigenvalue weighted by Crippen LogP contribution is 2.37. The van der Waals surface area contributed by atoms with Crippen LogP contribution >= 0.6 is 11.6 Å². The van der Waals surface area contributed by atoms with E-state index in [1.807, 2.05) is 24.3 Å². The van der Waals surface area contributed by atoms with Crippen LogP contribution in [0.25, 0.3) is 0 Å². The van der Waals surface area contributed by atoms with Crippen molar-refractivity contribution in [3.63, 3.8) is 0 Å². The molecule has 0 saturated carbocycles. The summed E-state index contributed by atoms with van der Waals surface area (Å²) in [6.07, 6.45) is 2.23. The smallest absolute Gasteiger partial charge is 0.283 e. The van der Waals surface area contributed by atoms with Crippen LogP contribution in [0.3, 0.4) is 0 Å². The molecule has 2 aromatic rings. The first-order valence-corrected chi connectivity index (χ1v) is 8.53. The van der Waals surface area contributed by atoms with Crippen LogP contribution < -0.4 is 4.31 Å². The number of aromatic nitrogens is 2. The summed E-state index contributed by atoms with van der Waals surface area (Å²) in [6, 6.07) is 7.61. The van der Waals surface area contributed by atoms with Crippen LogP contribution in [-0.4, -0.2) is 24.5 Å². The van der Waals surface area contributed by atoms with Gasteiger partial charge in [0.1, 0.15) is 0 Å². The number of para-hydroxylation sites is 1. The van der Waals surface area contributed by atoms with Gasteiger partial charge in [0.2, 0.25) is 5.28 Å². The first-order chi connectivity index (χ1) is 9.91. The summed E-state index contributed by atoms with van der Waals surface area (Å²) in [5.41, 5.74) is 1.78. The molecule has 0 aliphatic carbocycles. The lowest BCUT2D eigenvalue weighted by molar-refractivity contribution is 0.575. The summed E-state index contributed by atoms with van der Waals surface area (Å²) in [6.45, 7) is 2.56. The molecule has 0 saturated heterocycles. The fourth-order valence-corrected chi connectivity index (χ4v) is 4.30. The van der Waals surface area contributed by atoms with Gasteiger partial charge in [-0.05, 0) is 35.6 Å². The number of halogens is 1. The maximum Gasteiger partial charge on any atom is 0.283 e. The van der Waals surface area contributed by atoms with Gasteiger partial charge in [0.05, 0.1) is 5.69 Å². The SMILES string of the molecule is CC1CCN(S(=O)(=O)c2cn(C)c(Cl)n2)c2ccccc21. The predicted molar refractivity (Wildman–Crippen MR) is 82.2 cm³/mol. The third kappa shape index (κ3) is 2.32. The highest BCUT2D eigenvalue weighted by Gasteiger charge is 2.33. The number of anilines is 1. The third-order valence-corrected chi connectivity index (χ3v) is 5.89. The van der Waals surface area contributed by atoms with E-state index in [2.05, 4.69) is 11.9 Å². The summed E-state index contributed by atoms with van der Waals surface area (Å²) in [5, 5.41) is 0.145. The maximum absolute atomic E-state index is 12.8. The van der Waals surface area contributed by atoms with Crippen molar-refractivity contribution < 1.29 is 8.42 Å². The van der Waals surface area contributed by atoms with Crippen molar-refractivity contribution >= 4 is 27.3 Å². The van der Waals surface area contributed by atoms with Crippen molar-refractivity contribution in [2.75, 3.05) is 10.8 Å². The zero-order valence-corrected chi connectivity index (χ0v) is 13.4. The molecule has 2 heterocycles. The largest absolute Gasteiger partial charge is 0.323 e. The van der Waals surface area contributed by atoms with Gasteiger partial charge in [-0.15, -0.1) is 0 Å². The van der Waals surface area contributed by atoms with E-state index in [9.17, 15) is 8.42 Å². The second-order valence-corrected chi connectivity index (χ2v) is 7.43. The normalized spacial score (nSPS) is 18.6. The number of imidazole rings is 1. The number of aryl methyl sites for hydroxylation is 1. The second kappa shape index (κ2) is 5.03. The average molecular weight is 326 g/mol. The molecule has 21 heavy (non-hydrogen) atoms. The molecule has 0 N–H and O–H groups in total. The molecule has 1 atom stereocenters. The highest BCUT2D eigenvalue weighted by molar-refractivity contribution is 7.92. The minimum atomic E-state index is -3.68. The van der Waals surface area contributed by atoms with Crippen molar-refractivity contribution in [2.45, 2.75) is 24.3 Å². The van der Waals surface area contributed by atoms with Gasteiger partial charge >= 0.3 is 0 Å². The van der Waals surface area contributed by atoms with E-state index in [1.54, 1.807) is 7.05 Å². The molecular weight excluding hydrogens is 310 g/mol. The first kappa shape index (κ1) is 14.4. The minimum absolute atomic E-state index is 0.0145. The van der Waals surface area contributed by atoms with Gasteiger partial charge in [-0.25, -0.2) is 4.98 Å². The standard InChI is InChI=1S/C14H16ClN3O2S/c1-10-7-8-18(12-6-4-3-5-11(10)12)21(19,20)13-9-17(2)14(15)16-13/h3-6,9-10H,7-8H2,1-2H3. The third-order valence-electron chi connectivity index (χ3n) is 3.85. The molecule has 0 spiro atoms. The Labute approximate surface area is 129 Å². The Morgan fingerprint density at radius 2 is 2.05 bits per heavy atom. The molecule has 1 unspecified atom stereocenters. The Morgan fingerprint density at radius 3 is 2.71 bits per heavy atom. The molecule has 0 radical (unpaired) electrons. The van der Waals surface area contributed by atoms with Gasteiger partial charge in [-0.1, -0.05) is 25.1 Å². The van der Waals surface area contributed by atoms with Gasteiger partial charge in [-0.3, -0.25) is 4.31 Å². The molecule has 1 aromatic carbocycles. The number of rotatable bonds is 2. The lowest BCUT2D eigenvalue weighted by Gasteiger charge is -2.32. The van der Waals surface area contributed by atoms with E-state index in [0.29, 0.717) is 12.5 Å². The van der Waals surface area contributed by atoms with E-state index in [4.69, 9.17) is 11.6 Å². The highest BCUT2D eigenvalue weighted by atomic mass is 35.5. The molecule has 0 bridgehead atoms. The molecule has 5 nitrogen and oxygen atoms in total. The number of sulfonamides is 1. The van der Waals surface area contributed by atoms with Crippen LogP contribution in [0.4, 0.5) is 5.69 Å². The van der Waals surface area contributed by atoms with Crippen LogP contribution in [0, 0.1) is 0 Å². The number of nitrogens with zero attached hydrogens (tertiary/aromatic N) is 3. The summed E-state index contributed by atoms with van der Waals surface area (Å²) in [4.78, 5) is 3.95. The molecule has 0 amide bonds. The minimum Gasteiger partial charge on any atom is -0.323 e. The summed E-state index contributed by atoms with van der Waals surface area (Å²) in [7, 11) is -2.02. The van der Waals surface area contributed by atoms with Crippen molar-refractivity contribution in [1.29, 1.82) is 0 Å². The van der Waals surface area contributed by atoms with Crippen molar-refractivity contribution in [3.8, 4) is 0 Å². The Balaban J connectivity index is 2.10. The molecule has 1 aromatic heterocycles. The quantitative estimate of drug-likeness (QED) is 0.853. The Morgan fingerprint density at radius 1 is 1.33 bits per heavy atom. The predicted octanol–water partition coefficient (Wildman–Crippen LogP) is 2.78. The van der Waals surface area contributed by atoms with Crippen molar-refractivity contribution in [2.24, 2.45) is 7.05 Å². The van der Waals surface area contributed by atoms with Gasteiger partial charge < -0.3 is 4.57 Å². The first-order valence-electron chi connectivity index (χ1n) is 6.72. The summed E-state index contributed by atoms with van der Waals surface area (Å²) < 4.78 is 28.6. The lowest BCUT2D eigenvalue weighted by Crippen LogP contribution is -2.36. The van der Waals surface area contributed by atoms with Crippen LogP contribution in [0.2, 0.25) is 5.28 Å². The fourth-order valence-electron chi connectivity index (χ4n) is 2.62. The van der Waals surface area contributed by atoms with Crippen molar-refractivity contribution in [3.05, 3.63) is 41.3 Å². The maximum atomic E-state index is 12.8. The molecule has 1 aliphatic rings. The number of hydrogen-bond acceptors (Lipinski definition) is 3. The number of benzene rings is 1. The van der Waals surface area contributed by atoms with Crippen LogP contribution in [0.1, 0.15) is 24.8 Å². The van der Waals surface area contributed by atoms with Crippen LogP contribution in [0.5, 0.6) is 0 Å². The zero-order chi connectivity index (χ0) is 15.2. The van der Waals surface area contributed by atoms with E-state index >= 15 is 0 Å². The molecule has 3 rings (SSSR count). The Hall–Kier alpha value is -1.53. The van der Waals surface area contributed by atoms with Gasteiger partial charge in [0.15, 0.2) is 5.03 Å². The van der Waals surface area contributed by atoms with Crippen molar-refractivity contribution in [1.82, 2.24) is 9.55 Å². The van der Waals surface area contributed by atoms with Gasteiger partial charge in [-0.2, -0.15) is 8.42 Å². The molecule has 1 aliphatic heterocycles. The lowest BCUT2D eigenvalue weighted by atomic mass is 9.93. The van der Waals surface area contributed by atoms with E-state index in [-0.39, 0.29) is 10.3 Å². The molecular formula is C14H16ClN3O2S. The fraction of sp³-hybridized carbons (Fsp3) is 0.357. The Kier molecular flexibility index (Phi) is 3.45. The Bertz CT molecular complexity index is 766. The molecule has 7 heteroatoms. The van der Waals surface area contributed by atoms with Gasteiger partial charge in [0.25, 0.3) is 10.0 Å². The average Bonchev–Trinajstić information content (AvgIpc) is 2.80. The van der Waals surface area contributed by atoms with E-state index in [0.717, 1.165) is 17.7 Å². The second-order valence-electron chi connectivity index (χ2n) is 5.28. The molecule has 0 fully saturated rings. The van der Waals surface area contributed by atoms with E-state index in [1.165, 1.54) is 15.1 Å². The van der Waals surface area contributed by atoms with Gasteiger partial charge in [0, 0.05) is 19.8 Å². The zero-order valence-electron chi connectivity index (χ0n) is 11.8. The number of hydrogen-bond donors (Lipinski definition) is 0. The monoisotopic (exact) mass is 325 g/mol. The van der Waals surface area contributed by atoms with Crippen LogP contribution in [-0.2, 0) is 17.1 Å². The van der Waals surface area contributed by atoms with Crippen LogP contribution in [0.15, 0.2) is 35.5 Å². The summed E-state index contributed by atoms with van der Waals surface area (Å²) >= 11 is 5.87. The number of fused-ring (bicyclic) bond motifs is 1. The molecule has 112 valence electrons. The topological polar surface area (TPSA) is 55.2 Å². The summed E-state index contributed by atoms with van der Waals surface area (Å²) in [5.74, 6) is 0.347.